The Balaban J connectivity index is 1.25. The molecular weight excluding hydrogens is 324 g/mol. The number of nitrogens with one attached hydrogen (secondary N) is 1. The molecule has 5 heteroatoms. The average Bonchev–Trinajstić information content (AvgIpc) is 3.23. The Morgan fingerprint density at radius 3 is 2.69 bits per heavy atom. The molecule has 26 heavy (non-hydrogen) atoms. The molecule has 1 aliphatic heterocycles. The van der Waals surface area contributed by atoms with Crippen LogP contribution in [0.1, 0.15) is 43.0 Å². The number of fused-ring (bicyclic) bond motifs is 1. The minimum atomic E-state index is 0.279. The lowest BCUT2D eigenvalue weighted by molar-refractivity contribution is -0.132. The summed E-state index contributed by atoms with van der Waals surface area (Å²) in [6, 6.07) is 15.0. The summed E-state index contributed by atoms with van der Waals surface area (Å²) in [5.41, 5.74) is 1.31. The number of amides is 1. The van der Waals surface area contributed by atoms with Gasteiger partial charge in [0, 0.05) is 25.4 Å². The van der Waals surface area contributed by atoms with Crippen molar-refractivity contribution >= 4 is 16.7 Å². The first-order valence-electron chi connectivity index (χ1n) is 9.40. The van der Waals surface area contributed by atoms with Crippen LogP contribution in [-0.2, 0) is 11.2 Å². The van der Waals surface area contributed by atoms with Gasteiger partial charge in [-0.25, -0.2) is 4.98 Å². The van der Waals surface area contributed by atoms with Crippen molar-refractivity contribution < 1.29 is 4.79 Å². The maximum absolute atomic E-state index is 12.5. The highest BCUT2D eigenvalue weighted by Gasteiger charge is 2.24. The van der Waals surface area contributed by atoms with Crippen LogP contribution >= 0.6 is 0 Å². The number of likely N-dealkylation sites (tertiary alicyclic amines) is 1. The fourth-order valence-corrected chi connectivity index (χ4v) is 3.81. The molecule has 2 heterocycles. The third-order valence-electron chi connectivity index (χ3n) is 5.34. The summed E-state index contributed by atoms with van der Waals surface area (Å²) in [4.78, 5) is 18.7. The van der Waals surface area contributed by atoms with Crippen LogP contribution < -0.4 is 0 Å². The maximum atomic E-state index is 12.5. The number of aromatic nitrogens is 3. The molecule has 0 spiro atoms. The lowest BCUT2D eigenvalue weighted by atomic mass is 9.95. The maximum Gasteiger partial charge on any atom is 0.222 e. The highest BCUT2D eigenvalue weighted by Crippen LogP contribution is 2.25. The van der Waals surface area contributed by atoms with Gasteiger partial charge in [0.25, 0.3) is 0 Å². The Morgan fingerprint density at radius 2 is 1.92 bits per heavy atom. The molecule has 2 aromatic carbocycles. The highest BCUT2D eigenvalue weighted by molar-refractivity contribution is 5.83. The van der Waals surface area contributed by atoms with Crippen molar-refractivity contribution in [3.05, 3.63) is 60.2 Å². The zero-order valence-corrected chi connectivity index (χ0v) is 14.9. The highest BCUT2D eigenvalue weighted by atomic mass is 16.2. The fraction of sp³-hybridized carbons (Fsp3) is 0.381. The van der Waals surface area contributed by atoms with Gasteiger partial charge in [0.05, 0.1) is 0 Å². The molecule has 0 bridgehead atoms. The van der Waals surface area contributed by atoms with Crippen molar-refractivity contribution in [1.82, 2.24) is 20.1 Å². The predicted molar refractivity (Wildman–Crippen MR) is 102 cm³/mol. The molecule has 1 saturated heterocycles. The number of rotatable bonds is 5. The van der Waals surface area contributed by atoms with Crippen LogP contribution in [0.3, 0.4) is 0 Å². The molecule has 1 N–H and O–H groups in total. The number of hydrogen-bond acceptors (Lipinski definition) is 3. The first-order valence-corrected chi connectivity index (χ1v) is 9.40. The smallest absolute Gasteiger partial charge is 0.222 e. The zero-order valence-electron chi connectivity index (χ0n) is 14.9. The van der Waals surface area contributed by atoms with E-state index in [-0.39, 0.29) is 5.91 Å². The SMILES string of the molecule is O=C(CCCc1ccc2ccccc2c1)N1CCC(c2ncn[nH]2)CC1. The number of aryl methyl sites for hydroxylation is 1. The van der Waals surface area contributed by atoms with Gasteiger partial charge in [0.15, 0.2) is 0 Å². The molecule has 1 aromatic heterocycles. The molecule has 1 amide bonds. The summed E-state index contributed by atoms with van der Waals surface area (Å²) < 4.78 is 0. The molecule has 0 radical (unpaired) electrons. The summed E-state index contributed by atoms with van der Waals surface area (Å²) in [7, 11) is 0. The van der Waals surface area contributed by atoms with Crippen molar-refractivity contribution in [2.75, 3.05) is 13.1 Å². The second-order valence-electron chi connectivity index (χ2n) is 7.06. The standard InChI is InChI=1S/C21H24N4O/c26-20(25-12-10-18(11-13-25)21-22-15-23-24-21)7-3-4-16-8-9-17-5-1-2-6-19(17)14-16/h1-2,5-6,8-9,14-15,18H,3-4,7,10-13H2,(H,22,23,24). The second kappa shape index (κ2) is 7.68. The van der Waals surface area contributed by atoms with Gasteiger partial charge in [-0.15, -0.1) is 0 Å². The number of nitrogens with zero attached hydrogens (tertiary/aromatic N) is 3. The van der Waals surface area contributed by atoms with Crippen LogP contribution in [0.5, 0.6) is 0 Å². The van der Waals surface area contributed by atoms with Crippen molar-refractivity contribution in [2.45, 2.75) is 38.0 Å². The third kappa shape index (κ3) is 3.77. The van der Waals surface area contributed by atoms with Gasteiger partial charge in [-0.05, 0) is 42.0 Å². The average molecular weight is 348 g/mol. The molecule has 134 valence electrons. The molecule has 5 nitrogen and oxygen atoms in total. The lowest BCUT2D eigenvalue weighted by Gasteiger charge is -2.31. The molecule has 0 unspecified atom stereocenters. The number of aromatic amines is 1. The van der Waals surface area contributed by atoms with Crippen molar-refractivity contribution in [3.8, 4) is 0 Å². The summed E-state index contributed by atoms with van der Waals surface area (Å²) >= 11 is 0. The van der Waals surface area contributed by atoms with E-state index in [1.54, 1.807) is 6.33 Å². The van der Waals surface area contributed by atoms with E-state index in [4.69, 9.17) is 0 Å². The summed E-state index contributed by atoms with van der Waals surface area (Å²) in [5, 5.41) is 9.41. The van der Waals surface area contributed by atoms with Crippen molar-refractivity contribution in [2.24, 2.45) is 0 Å². The van der Waals surface area contributed by atoms with E-state index in [2.05, 4.69) is 57.6 Å². The first-order chi connectivity index (χ1) is 12.8. The van der Waals surface area contributed by atoms with E-state index in [0.29, 0.717) is 12.3 Å². The molecular formula is C21H24N4O. The Labute approximate surface area is 153 Å². The number of carbonyl (C=O) groups is 1. The largest absolute Gasteiger partial charge is 0.343 e. The third-order valence-corrected chi connectivity index (χ3v) is 5.34. The minimum absolute atomic E-state index is 0.279. The quantitative estimate of drug-likeness (QED) is 0.765. The molecule has 0 saturated carbocycles. The zero-order chi connectivity index (χ0) is 17.8. The van der Waals surface area contributed by atoms with Crippen LogP contribution in [0, 0.1) is 0 Å². The number of piperidine rings is 1. The van der Waals surface area contributed by atoms with Crippen molar-refractivity contribution in [1.29, 1.82) is 0 Å². The number of carbonyl (C=O) groups excluding carboxylic acids is 1. The summed E-state index contributed by atoms with van der Waals surface area (Å²) in [6.45, 7) is 1.64. The summed E-state index contributed by atoms with van der Waals surface area (Å²) in [5.74, 6) is 1.63. The normalized spacial score (nSPS) is 15.5. The van der Waals surface area contributed by atoms with E-state index < -0.39 is 0 Å². The minimum Gasteiger partial charge on any atom is -0.343 e. The predicted octanol–water partition coefficient (Wildman–Crippen LogP) is 3.69. The molecule has 0 aliphatic carbocycles. The molecule has 1 fully saturated rings. The number of H-pyrrole nitrogens is 1. The van der Waals surface area contributed by atoms with Crippen LogP contribution in [0.25, 0.3) is 10.8 Å². The number of hydrogen-bond donors (Lipinski definition) is 1. The van der Waals surface area contributed by atoms with E-state index in [9.17, 15) is 4.79 Å². The molecule has 3 aromatic rings. The van der Waals surface area contributed by atoms with Crippen LogP contribution in [0.2, 0.25) is 0 Å². The van der Waals surface area contributed by atoms with Gasteiger partial charge in [-0.2, -0.15) is 5.10 Å². The van der Waals surface area contributed by atoms with Crippen LogP contribution in [0.15, 0.2) is 48.8 Å². The summed E-state index contributed by atoms with van der Waals surface area (Å²) in [6.07, 6.45) is 5.96. The lowest BCUT2D eigenvalue weighted by Crippen LogP contribution is -2.38. The van der Waals surface area contributed by atoms with Gasteiger partial charge >= 0.3 is 0 Å². The van der Waals surface area contributed by atoms with E-state index >= 15 is 0 Å². The first kappa shape index (κ1) is 16.8. The number of benzene rings is 2. The monoisotopic (exact) mass is 348 g/mol. The van der Waals surface area contributed by atoms with Crippen LogP contribution in [0.4, 0.5) is 0 Å². The van der Waals surface area contributed by atoms with Gasteiger partial charge in [-0.1, -0.05) is 42.5 Å². The molecule has 4 rings (SSSR count). The van der Waals surface area contributed by atoms with E-state index in [1.165, 1.54) is 16.3 Å². The molecule has 1 aliphatic rings. The van der Waals surface area contributed by atoms with Gasteiger partial charge in [-0.3, -0.25) is 9.89 Å². The van der Waals surface area contributed by atoms with Crippen LogP contribution in [-0.4, -0.2) is 39.1 Å². The van der Waals surface area contributed by atoms with E-state index in [0.717, 1.165) is 44.6 Å². The Bertz CT molecular complexity index is 867. The van der Waals surface area contributed by atoms with Crippen molar-refractivity contribution in [3.63, 3.8) is 0 Å². The Kier molecular flexibility index (Phi) is 4.95. The van der Waals surface area contributed by atoms with E-state index in [1.807, 2.05) is 4.90 Å². The van der Waals surface area contributed by atoms with Gasteiger partial charge in [0.1, 0.15) is 12.2 Å². The van der Waals surface area contributed by atoms with Gasteiger partial charge in [0.2, 0.25) is 5.91 Å². The molecule has 0 atom stereocenters. The Hall–Kier alpha value is -2.69. The topological polar surface area (TPSA) is 61.9 Å². The fourth-order valence-electron chi connectivity index (χ4n) is 3.81. The Morgan fingerprint density at radius 1 is 1.12 bits per heavy atom. The second-order valence-corrected chi connectivity index (χ2v) is 7.06. The van der Waals surface area contributed by atoms with Gasteiger partial charge < -0.3 is 4.90 Å².